The van der Waals surface area contributed by atoms with Crippen molar-refractivity contribution in [3.8, 4) is 0 Å². The summed E-state index contributed by atoms with van der Waals surface area (Å²) in [5, 5.41) is 0.103. The normalized spacial score (nSPS) is 11.8. The minimum Gasteiger partial charge on any atom is -0.397 e. The average molecular weight is 307 g/mol. The molecule has 1 nitrogen and oxygen atoms in total. The topological polar surface area (TPSA) is 26.0 Å². The van der Waals surface area contributed by atoms with Crippen molar-refractivity contribution in [1.82, 2.24) is 0 Å². The van der Waals surface area contributed by atoms with Gasteiger partial charge in [-0.2, -0.15) is 13.2 Å². The molecule has 2 N–H and O–H groups in total. The van der Waals surface area contributed by atoms with Crippen LogP contribution in [0.2, 0.25) is 5.02 Å². The second kappa shape index (κ2) is 4.20. The number of hydrogen-bond donors (Lipinski definition) is 1. The molecule has 0 atom stereocenters. The van der Waals surface area contributed by atoms with Crippen LogP contribution < -0.4 is 5.73 Å². The van der Waals surface area contributed by atoms with Crippen molar-refractivity contribution in [3.05, 3.63) is 21.6 Å². The van der Waals surface area contributed by atoms with Crippen LogP contribution in [0, 0.1) is 0 Å². The van der Waals surface area contributed by atoms with Gasteiger partial charge in [-0.1, -0.05) is 11.6 Å². The van der Waals surface area contributed by atoms with Gasteiger partial charge in [0.1, 0.15) is 0 Å². The zero-order valence-electron chi connectivity index (χ0n) is 6.53. The Morgan fingerprint density at radius 1 is 1.36 bits per heavy atom. The van der Waals surface area contributed by atoms with E-state index in [4.69, 9.17) is 17.3 Å². The van der Waals surface area contributed by atoms with E-state index in [1.807, 2.05) is 0 Å². The number of nitrogen functional groups attached to an aromatic ring is 1. The predicted molar refractivity (Wildman–Crippen MR) is 55.5 cm³/mol. The minimum absolute atomic E-state index is 0.00331. The number of thioether (sulfide) groups is 1. The van der Waals surface area contributed by atoms with Crippen LogP contribution >= 0.6 is 39.3 Å². The monoisotopic (exact) mass is 305 g/mol. The van der Waals surface area contributed by atoms with Gasteiger partial charge < -0.3 is 5.73 Å². The number of benzene rings is 1. The van der Waals surface area contributed by atoms with Crippen LogP contribution in [0.1, 0.15) is 0 Å². The molecule has 1 aromatic rings. The van der Waals surface area contributed by atoms with Gasteiger partial charge >= 0.3 is 5.51 Å². The van der Waals surface area contributed by atoms with E-state index in [2.05, 4.69) is 15.9 Å². The van der Waals surface area contributed by atoms with Crippen LogP contribution in [0.15, 0.2) is 21.5 Å². The number of anilines is 1. The lowest BCUT2D eigenvalue weighted by molar-refractivity contribution is -0.0328. The first kappa shape index (κ1) is 12.0. The molecule has 0 aliphatic heterocycles. The largest absolute Gasteiger partial charge is 0.446 e. The summed E-state index contributed by atoms with van der Waals surface area (Å²) in [6.45, 7) is 0. The molecule has 0 aliphatic rings. The van der Waals surface area contributed by atoms with E-state index in [1.54, 1.807) is 0 Å². The summed E-state index contributed by atoms with van der Waals surface area (Å²) in [5.74, 6) is 0. The van der Waals surface area contributed by atoms with Crippen molar-refractivity contribution in [1.29, 1.82) is 0 Å². The third-order valence-corrected chi connectivity index (χ3v) is 2.96. The summed E-state index contributed by atoms with van der Waals surface area (Å²) in [6, 6.07) is 2.46. The first-order valence-electron chi connectivity index (χ1n) is 3.30. The van der Waals surface area contributed by atoms with Crippen molar-refractivity contribution in [2.75, 3.05) is 5.73 Å². The maximum Gasteiger partial charge on any atom is 0.446 e. The smallest absolute Gasteiger partial charge is 0.397 e. The SMILES string of the molecule is Nc1c(Cl)cc(SC(F)(F)F)cc1Br. The second-order valence-corrected chi connectivity index (χ2v) is 4.75. The summed E-state index contributed by atoms with van der Waals surface area (Å²) >= 11 is 8.39. The number of rotatable bonds is 1. The zero-order valence-corrected chi connectivity index (χ0v) is 9.69. The maximum atomic E-state index is 12.0. The fourth-order valence-corrected chi connectivity index (χ4v) is 2.38. The van der Waals surface area contributed by atoms with Gasteiger partial charge in [0.25, 0.3) is 0 Å². The highest BCUT2D eigenvalue weighted by Crippen LogP contribution is 2.40. The van der Waals surface area contributed by atoms with Gasteiger partial charge in [0, 0.05) is 9.37 Å². The lowest BCUT2D eigenvalue weighted by Gasteiger charge is -2.08. The molecule has 0 saturated heterocycles. The lowest BCUT2D eigenvalue weighted by atomic mass is 10.3. The molecule has 0 aromatic heterocycles. The third-order valence-electron chi connectivity index (χ3n) is 1.29. The molecule has 0 aliphatic carbocycles. The van der Waals surface area contributed by atoms with Crippen LogP contribution in [0.5, 0.6) is 0 Å². The van der Waals surface area contributed by atoms with Crippen molar-refractivity contribution < 1.29 is 13.2 Å². The fraction of sp³-hybridized carbons (Fsp3) is 0.143. The summed E-state index contributed by atoms with van der Waals surface area (Å²) in [6.07, 6.45) is 0. The van der Waals surface area contributed by atoms with E-state index in [9.17, 15) is 13.2 Å². The van der Waals surface area contributed by atoms with E-state index in [0.29, 0.717) is 4.47 Å². The van der Waals surface area contributed by atoms with Crippen molar-refractivity contribution in [2.45, 2.75) is 10.4 Å². The van der Waals surface area contributed by atoms with Gasteiger partial charge in [-0.25, -0.2) is 0 Å². The van der Waals surface area contributed by atoms with E-state index in [0.717, 1.165) is 0 Å². The number of hydrogen-bond acceptors (Lipinski definition) is 2. The highest BCUT2D eigenvalue weighted by atomic mass is 79.9. The molecule has 0 spiro atoms. The molecule has 0 heterocycles. The molecule has 7 heteroatoms. The van der Waals surface area contributed by atoms with E-state index in [-0.39, 0.29) is 27.4 Å². The van der Waals surface area contributed by atoms with E-state index in [1.165, 1.54) is 12.1 Å². The van der Waals surface area contributed by atoms with Gasteiger partial charge in [0.2, 0.25) is 0 Å². The Labute approximate surface area is 95.9 Å². The minimum atomic E-state index is -4.32. The molecule has 1 rings (SSSR count). The summed E-state index contributed by atoms with van der Waals surface area (Å²) < 4.78 is 36.3. The van der Waals surface area contributed by atoms with Crippen LogP contribution in [0.3, 0.4) is 0 Å². The average Bonchev–Trinajstić information content (AvgIpc) is 1.96. The standard InChI is InChI=1S/C7H4BrClF3NS/c8-4-1-3(14-7(10,11)12)2-5(9)6(4)13/h1-2H,13H2. The van der Waals surface area contributed by atoms with Crippen molar-refractivity contribution in [2.24, 2.45) is 0 Å². The Morgan fingerprint density at radius 2 is 1.93 bits per heavy atom. The highest BCUT2D eigenvalue weighted by molar-refractivity contribution is 9.10. The molecule has 78 valence electrons. The summed E-state index contributed by atoms with van der Waals surface area (Å²) in [5.41, 5.74) is 1.36. The van der Waals surface area contributed by atoms with E-state index < -0.39 is 5.51 Å². The number of alkyl halides is 3. The molecular formula is C7H4BrClF3NS. The van der Waals surface area contributed by atoms with Crippen LogP contribution in [-0.4, -0.2) is 5.51 Å². The molecule has 0 amide bonds. The van der Waals surface area contributed by atoms with Crippen LogP contribution in [0.4, 0.5) is 18.9 Å². The van der Waals surface area contributed by atoms with Gasteiger partial charge in [0.05, 0.1) is 10.7 Å². The quantitative estimate of drug-likeness (QED) is 0.618. The summed E-state index contributed by atoms with van der Waals surface area (Å²) in [4.78, 5) is 0.00331. The molecule has 14 heavy (non-hydrogen) atoms. The summed E-state index contributed by atoms with van der Waals surface area (Å²) in [7, 11) is 0. The Morgan fingerprint density at radius 3 is 2.36 bits per heavy atom. The predicted octanol–water partition coefficient (Wildman–Crippen LogP) is 4.30. The number of halogens is 5. The molecule has 0 fully saturated rings. The van der Waals surface area contributed by atoms with Crippen molar-refractivity contribution in [3.63, 3.8) is 0 Å². The molecule has 0 bridgehead atoms. The Bertz CT molecular complexity index is 332. The molecule has 0 radical (unpaired) electrons. The zero-order chi connectivity index (χ0) is 10.9. The maximum absolute atomic E-state index is 12.0. The first-order chi connectivity index (χ1) is 6.29. The fourth-order valence-electron chi connectivity index (χ4n) is 0.754. The first-order valence-corrected chi connectivity index (χ1v) is 5.28. The lowest BCUT2D eigenvalue weighted by Crippen LogP contribution is -1.99. The molecule has 0 saturated carbocycles. The highest BCUT2D eigenvalue weighted by Gasteiger charge is 2.29. The van der Waals surface area contributed by atoms with Gasteiger partial charge in [-0.15, -0.1) is 0 Å². The van der Waals surface area contributed by atoms with Crippen molar-refractivity contribution >= 4 is 45.0 Å². The van der Waals surface area contributed by atoms with Gasteiger partial charge in [-0.05, 0) is 39.8 Å². The Balaban J connectivity index is 3.02. The van der Waals surface area contributed by atoms with Crippen LogP contribution in [0.25, 0.3) is 0 Å². The molecule has 0 unspecified atom stereocenters. The van der Waals surface area contributed by atoms with Gasteiger partial charge in [-0.3, -0.25) is 0 Å². The Hall–Kier alpha value is -0.0700. The molecule has 1 aromatic carbocycles. The molecular weight excluding hydrogens is 303 g/mol. The van der Waals surface area contributed by atoms with E-state index >= 15 is 0 Å². The number of nitrogens with two attached hydrogens (primary N) is 1. The second-order valence-electron chi connectivity index (χ2n) is 2.35. The van der Waals surface area contributed by atoms with Gasteiger partial charge in [0.15, 0.2) is 0 Å². The Kier molecular flexibility index (Phi) is 3.60. The third kappa shape index (κ3) is 3.25. The van der Waals surface area contributed by atoms with Crippen LogP contribution in [-0.2, 0) is 0 Å².